The normalized spacial score (nSPS) is 12.2. The van der Waals surface area contributed by atoms with Gasteiger partial charge < -0.3 is 29.6 Å². The van der Waals surface area contributed by atoms with E-state index in [1.54, 1.807) is 20.5 Å². The Morgan fingerprint density at radius 3 is 2.69 bits per heavy atom. The molecule has 35 heavy (non-hydrogen) atoms. The van der Waals surface area contributed by atoms with Crippen LogP contribution in [0.3, 0.4) is 0 Å². The second-order valence-corrected chi connectivity index (χ2v) is 8.13. The monoisotopic (exact) mass is 470 g/mol. The summed E-state index contributed by atoms with van der Waals surface area (Å²) in [6, 6.07) is 17.9. The lowest BCUT2D eigenvalue weighted by Gasteiger charge is -2.10. The highest BCUT2D eigenvalue weighted by Crippen LogP contribution is 2.37. The molecule has 0 atom stereocenters. The van der Waals surface area contributed by atoms with Crippen LogP contribution in [0.1, 0.15) is 5.56 Å². The molecule has 0 aliphatic carbocycles. The van der Waals surface area contributed by atoms with Crippen molar-refractivity contribution in [2.75, 3.05) is 31.6 Å². The predicted octanol–water partition coefficient (Wildman–Crippen LogP) is 4.63. The molecule has 2 aromatic heterocycles. The highest BCUT2D eigenvalue weighted by atomic mass is 16.7. The van der Waals surface area contributed by atoms with Gasteiger partial charge in [0.05, 0.1) is 14.2 Å². The van der Waals surface area contributed by atoms with Crippen molar-refractivity contribution in [3.63, 3.8) is 0 Å². The lowest BCUT2D eigenvalue weighted by atomic mass is 10.1. The molecule has 0 fully saturated rings. The van der Waals surface area contributed by atoms with E-state index in [0.29, 0.717) is 18.0 Å². The molecule has 0 radical (unpaired) electrons. The highest BCUT2D eigenvalue weighted by molar-refractivity contribution is 6.11. The molecule has 9 nitrogen and oxygen atoms in total. The van der Waals surface area contributed by atoms with Gasteiger partial charge in [-0.2, -0.15) is 0 Å². The van der Waals surface area contributed by atoms with Crippen molar-refractivity contribution >= 4 is 39.1 Å². The summed E-state index contributed by atoms with van der Waals surface area (Å²) in [7, 11) is 3.25. The standard InChI is InChI=1S/C26H23N5O4/c1-32-21-10-18-19(11-22(21)33-2)31-26-24(18)25(28-13-29-26)30-17-5-3-4-16(9-17)27-12-15-6-7-20-23(8-15)35-14-34-20/h3-11,13,27H,12,14H2,1-2H3,(H2,28,29,30,31)/p+1. The van der Waals surface area contributed by atoms with Gasteiger partial charge in [0.2, 0.25) is 24.6 Å². The molecule has 1 aliphatic heterocycles. The number of nitrogens with one attached hydrogen (secondary N) is 4. The topological polar surface area (TPSA) is 104 Å². The Labute approximate surface area is 201 Å². The second kappa shape index (κ2) is 8.60. The van der Waals surface area contributed by atoms with Crippen LogP contribution in [-0.2, 0) is 6.54 Å². The molecule has 6 rings (SSSR count). The number of anilines is 3. The van der Waals surface area contributed by atoms with Crippen LogP contribution in [0.5, 0.6) is 23.0 Å². The molecule has 176 valence electrons. The van der Waals surface area contributed by atoms with Gasteiger partial charge in [-0.1, -0.05) is 17.1 Å². The number of fused-ring (bicyclic) bond motifs is 4. The molecular weight excluding hydrogens is 446 g/mol. The van der Waals surface area contributed by atoms with Crippen molar-refractivity contribution < 1.29 is 23.9 Å². The van der Waals surface area contributed by atoms with Gasteiger partial charge in [-0.15, -0.1) is 0 Å². The average Bonchev–Trinajstić information content (AvgIpc) is 3.51. The number of H-pyrrole nitrogens is 2. The number of hydrogen-bond donors (Lipinski definition) is 3. The van der Waals surface area contributed by atoms with E-state index in [0.717, 1.165) is 56.2 Å². The Kier molecular flexibility index (Phi) is 5.14. The summed E-state index contributed by atoms with van der Waals surface area (Å²) in [6.07, 6.45) is 1.66. The molecule has 1 aliphatic rings. The summed E-state index contributed by atoms with van der Waals surface area (Å²) in [5.74, 6) is 3.61. The van der Waals surface area contributed by atoms with Crippen molar-refractivity contribution in [1.82, 2.24) is 9.97 Å². The van der Waals surface area contributed by atoms with Crippen LogP contribution < -0.4 is 34.6 Å². The average molecular weight is 471 g/mol. The van der Waals surface area contributed by atoms with Gasteiger partial charge in [-0.25, -0.2) is 4.98 Å². The van der Waals surface area contributed by atoms with Gasteiger partial charge in [-0.05, 0) is 42.0 Å². The largest absolute Gasteiger partial charge is 0.493 e. The molecule has 5 aromatic rings. The van der Waals surface area contributed by atoms with Crippen LogP contribution in [0.4, 0.5) is 17.2 Å². The van der Waals surface area contributed by atoms with Crippen molar-refractivity contribution in [3.05, 3.63) is 66.5 Å². The first-order valence-electron chi connectivity index (χ1n) is 11.2. The van der Waals surface area contributed by atoms with E-state index in [2.05, 4.69) is 31.7 Å². The minimum Gasteiger partial charge on any atom is -0.493 e. The number of aromatic amines is 2. The van der Waals surface area contributed by atoms with Crippen molar-refractivity contribution in [2.45, 2.75) is 6.54 Å². The Hall–Kier alpha value is -4.66. The third-order valence-electron chi connectivity index (χ3n) is 6.00. The lowest BCUT2D eigenvalue weighted by Crippen LogP contribution is -2.07. The minimum absolute atomic E-state index is 0.273. The van der Waals surface area contributed by atoms with E-state index in [1.165, 1.54) is 0 Å². The van der Waals surface area contributed by atoms with E-state index >= 15 is 0 Å². The number of hydrogen-bond acceptors (Lipinski definition) is 7. The van der Waals surface area contributed by atoms with E-state index in [-0.39, 0.29) is 6.79 Å². The number of aromatic nitrogens is 3. The maximum Gasteiger partial charge on any atom is 0.237 e. The fourth-order valence-corrected chi connectivity index (χ4v) is 4.29. The summed E-state index contributed by atoms with van der Waals surface area (Å²) < 4.78 is 21.8. The van der Waals surface area contributed by atoms with Crippen molar-refractivity contribution in [2.24, 2.45) is 0 Å². The quantitative estimate of drug-likeness (QED) is 0.319. The molecule has 3 aromatic carbocycles. The van der Waals surface area contributed by atoms with Gasteiger partial charge >= 0.3 is 0 Å². The summed E-state index contributed by atoms with van der Waals surface area (Å²) in [5.41, 5.74) is 4.78. The van der Waals surface area contributed by atoms with Gasteiger partial charge in [0, 0.05) is 29.4 Å². The van der Waals surface area contributed by atoms with E-state index in [1.807, 2.05) is 48.5 Å². The first kappa shape index (κ1) is 20.9. The highest BCUT2D eigenvalue weighted by Gasteiger charge is 2.19. The van der Waals surface area contributed by atoms with Crippen LogP contribution in [0.15, 0.2) is 60.9 Å². The van der Waals surface area contributed by atoms with Crippen LogP contribution in [0.2, 0.25) is 0 Å². The van der Waals surface area contributed by atoms with Crippen LogP contribution in [-0.4, -0.2) is 31.0 Å². The first-order chi connectivity index (χ1) is 17.2. The van der Waals surface area contributed by atoms with Gasteiger partial charge in [0.15, 0.2) is 23.0 Å². The number of benzene rings is 3. The van der Waals surface area contributed by atoms with Crippen LogP contribution in [0.25, 0.3) is 21.9 Å². The summed E-state index contributed by atoms with van der Waals surface area (Å²) in [4.78, 5) is 11.2. The Morgan fingerprint density at radius 1 is 0.971 bits per heavy atom. The van der Waals surface area contributed by atoms with E-state index in [9.17, 15) is 0 Å². The van der Waals surface area contributed by atoms with Crippen LogP contribution in [0, 0.1) is 0 Å². The first-order valence-corrected chi connectivity index (χ1v) is 11.2. The molecule has 0 saturated carbocycles. The minimum atomic E-state index is 0.273. The zero-order valence-corrected chi connectivity index (χ0v) is 19.3. The number of rotatable bonds is 7. The predicted molar refractivity (Wildman–Crippen MR) is 133 cm³/mol. The van der Waals surface area contributed by atoms with Crippen molar-refractivity contribution in [1.29, 1.82) is 0 Å². The smallest absolute Gasteiger partial charge is 0.237 e. The summed E-state index contributed by atoms with van der Waals surface area (Å²) in [5, 5.41) is 8.84. The summed E-state index contributed by atoms with van der Waals surface area (Å²) >= 11 is 0. The Morgan fingerprint density at radius 2 is 1.80 bits per heavy atom. The number of ether oxygens (including phenoxy) is 4. The zero-order chi connectivity index (χ0) is 23.8. The zero-order valence-electron chi connectivity index (χ0n) is 19.3. The lowest BCUT2D eigenvalue weighted by molar-refractivity contribution is -0.351. The molecule has 0 saturated heterocycles. The van der Waals surface area contributed by atoms with Crippen molar-refractivity contribution in [3.8, 4) is 23.0 Å². The molecule has 0 amide bonds. The molecular formula is C26H24N5O4+. The third kappa shape index (κ3) is 3.86. The molecule has 3 heterocycles. The molecule has 4 N–H and O–H groups in total. The van der Waals surface area contributed by atoms with Gasteiger partial charge in [0.1, 0.15) is 10.9 Å². The van der Waals surface area contributed by atoms with Gasteiger partial charge in [-0.3, -0.25) is 4.98 Å². The van der Waals surface area contributed by atoms with Gasteiger partial charge in [0.25, 0.3) is 0 Å². The maximum atomic E-state index is 5.51. The fourth-order valence-electron chi connectivity index (χ4n) is 4.29. The van der Waals surface area contributed by atoms with E-state index in [4.69, 9.17) is 18.9 Å². The fraction of sp³-hybridized carbons (Fsp3) is 0.154. The molecule has 0 unspecified atom stereocenters. The number of nitrogens with zero attached hydrogens (tertiary/aromatic N) is 1. The molecule has 9 heteroatoms. The summed E-state index contributed by atoms with van der Waals surface area (Å²) in [6.45, 7) is 0.933. The maximum absolute atomic E-state index is 5.51. The number of methoxy groups -OCH3 is 2. The molecule has 0 bridgehead atoms. The third-order valence-corrected chi connectivity index (χ3v) is 6.00. The second-order valence-electron chi connectivity index (χ2n) is 8.13. The molecule has 0 spiro atoms. The SMILES string of the molecule is COc1cc2[nH]c3[nH+]cnc(Nc4cccc(NCc5ccc6c(c5)OCO6)c4)c3c2cc1OC. The van der Waals surface area contributed by atoms with Crippen LogP contribution >= 0.6 is 0 Å². The van der Waals surface area contributed by atoms with E-state index < -0.39 is 0 Å². The Balaban J connectivity index is 1.27. The Bertz CT molecular complexity index is 1550.